The fraction of sp³-hybridized carbons (Fsp3) is 0.0769. The quantitative estimate of drug-likeness (QED) is 0.0665. The van der Waals surface area contributed by atoms with Gasteiger partial charge < -0.3 is 15.6 Å². The van der Waals surface area contributed by atoms with Crippen molar-refractivity contribution in [2.75, 3.05) is 4.55 Å². The SMILES string of the molecule is N=C(/C=C/c1c[nH]c2cc(OC(=O)N(S)CI)ccc12)N=NN. The fourth-order valence-corrected chi connectivity index (χ4v) is 2.12. The molecular formula is C13H13IN6O2S. The van der Waals surface area contributed by atoms with E-state index in [0.29, 0.717) is 10.3 Å². The predicted octanol–water partition coefficient (Wildman–Crippen LogP) is 3.52. The zero-order chi connectivity index (χ0) is 16.8. The van der Waals surface area contributed by atoms with Crippen molar-refractivity contribution in [2.45, 2.75) is 0 Å². The molecule has 120 valence electrons. The molecule has 8 nitrogen and oxygen atoms in total. The van der Waals surface area contributed by atoms with E-state index < -0.39 is 6.09 Å². The molecule has 0 saturated heterocycles. The number of fused-ring (bicyclic) bond motifs is 1. The summed E-state index contributed by atoms with van der Waals surface area (Å²) in [4.78, 5) is 14.7. The highest BCUT2D eigenvalue weighted by molar-refractivity contribution is 14.1. The number of alkyl halides is 1. The summed E-state index contributed by atoms with van der Waals surface area (Å²) in [6.07, 6.45) is 4.42. The number of hydrogen-bond donors (Lipinski definition) is 4. The van der Waals surface area contributed by atoms with Gasteiger partial charge >= 0.3 is 6.09 Å². The van der Waals surface area contributed by atoms with E-state index in [4.69, 9.17) is 16.0 Å². The Morgan fingerprint density at radius 3 is 3.04 bits per heavy atom. The second kappa shape index (κ2) is 7.97. The van der Waals surface area contributed by atoms with Crippen LogP contribution in [0, 0.1) is 5.41 Å². The van der Waals surface area contributed by atoms with Gasteiger partial charge in [0, 0.05) is 23.2 Å². The van der Waals surface area contributed by atoms with E-state index in [1.807, 2.05) is 28.7 Å². The molecule has 1 aromatic heterocycles. The number of hydrogen-bond acceptors (Lipinski definition) is 5. The van der Waals surface area contributed by atoms with Crippen molar-refractivity contribution in [3.05, 3.63) is 36.0 Å². The minimum absolute atomic E-state index is 0.0555. The molecule has 0 unspecified atom stereocenters. The van der Waals surface area contributed by atoms with Crippen LogP contribution < -0.4 is 10.6 Å². The van der Waals surface area contributed by atoms with Crippen LogP contribution in [0.2, 0.25) is 0 Å². The lowest BCUT2D eigenvalue weighted by Crippen LogP contribution is -2.23. The summed E-state index contributed by atoms with van der Waals surface area (Å²) < 4.78 is 6.77. The first-order valence-corrected chi connectivity index (χ1v) is 8.20. The fourth-order valence-electron chi connectivity index (χ4n) is 1.80. The minimum Gasteiger partial charge on any atom is -0.410 e. The average Bonchev–Trinajstić information content (AvgIpc) is 2.94. The summed E-state index contributed by atoms with van der Waals surface area (Å²) in [6, 6.07) is 5.21. The smallest absolute Gasteiger partial charge is 0.410 e. The monoisotopic (exact) mass is 444 g/mol. The Kier molecular flexibility index (Phi) is 5.98. The number of ether oxygens (including phenoxy) is 1. The molecule has 2 aromatic rings. The van der Waals surface area contributed by atoms with E-state index in [2.05, 4.69) is 28.1 Å². The lowest BCUT2D eigenvalue weighted by molar-refractivity contribution is 0.187. The molecule has 10 heteroatoms. The Bertz CT molecular complexity index is 788. The number of nitrogens with two attached hydrogens (primary N) is 1. The molecule has 1 amide bonds. The lowest BCUT2D eigenvalue weighted by atomic mass is 10.1. The van der Waals surface area contributed by atoms with Gasteiger partial charge in [-0.3, -0.25) is 5.41 Å². The highest BCUT2D eigenvalue weighted by Crippen LogP contribution is 2.25. The maximum Gasteiger partial charge on any atom is 0.425 e. The van der Waals surface area contributed by atoms with Crippen molar-refractivity contribution in [1.29, 1.82) is 5.41 Å². The largest absolute Gasteiger partial charge is 0.425 e. The molecule has 1 aromatic carbocycles. The Balaban J connectivity index is 2.20. The van der Waals surface area contributed by atoms with Gasteiger partial charge in [-0.2, -0.15) is 0 Å². The van der Waals surface area contributed by atoms with E-state index in [9.17, 15) is 4.79 Å². The van der Waals surface area contributed by atoms with Crippen molar-refractivity contribution in [3.8, 4) is 5.75 Å². The van der Waals surface area contributed by atoms with E-state index in [1.165, 1.54) is 6.08 Å². The number of rotatable bonds is 4. The van der Waals surface area contributed by atoms with Crippen LogP contribution in [0.25, 0.3) is 17.0 Å². The molecule has 1 heterocycles. The van der Waals surface area contributed by atoms with Crippen LogP contribution in [0.3, 0.4) is 0 Å². The first kappa shape index (κ1) is 17.3. The second-order valence-corrected chi connectivity index (χ2v) is 5.44. The van der Waals surface area contributed by atoms with Gasteiger partial charge in [-0.15, -0.1) is 5.11 Å². The van der Waals surface area contributed by atoms with Crippen molar-refractivity contribution >= 4 is 64.3 Å². The molecule has 0 aliphatic carbocycles. The Morgan fingerprint density at radius 2 is 2.35 bits per heavy atom. The van der Waals surface area contributed by atoms with Crippen molar-refractivity contribution < 1.29 is 9.53 Å². The zero-order valence-corrected chi connectivity index (χ0v) is 14.8. The summed E-state index contributed by atoms with van der Waals surface area (Å²) in [5, 5.41) is 14.8. The number of amides is 1. The third kappa shape index (κ3) is 4.45. The lowest BCUT2D eigenvalue weighted by Gasteiger charge is -2.11. The van der Waals surface area contributed by atoms with Crippen LogP contribution in [0.4, 0.5) is 4.79 Å². The topological polar surface area (TPSA) is 120 Å². The summed E-state index contributed by atoms with van der Waals surface area (Å²) in [5.41, 5.74) is 1.65. The maximum absolute atomic E-state index is 11.7. The molecule has 0 aliphatic heterocycles. The molecule has 0 fully saturated rings. The van der Waals surface area contributed by atoms with E-state index >= 15 is 0 Å². The Labute approximate surface area is 150 Å². The number of benzene rings is 1. The van der Waals surface area contributed by atoms with Gasteiger partial charge in [0.2, 0.25) is 0 Å². The molecule has 23 heavy (non-hydrogen) atoms. The molecule has 0 saturated carbocycles. The predicted molar refractivity (Wildman–Crippen MR) is 99.8 cm³/mol. The average molecular weight is 444 g/mol. The van der Waals surface area contributed by atoms with Crippen LogP contribution in [-0.2, 0) is 0 Å². The highest BCUT2D eigenvalue weighted by atomic mass is 127. The number of aromatic amines is 1. The first-order valence-electron chi connectivity index (χ1n) is 6.28. The first-order chi connectivity index (χ1) is 11.0. The van der Waals surface area contributed by atoms with Crippen LogP contribution in [0.5, 0.6) is 5.75 Å². The van der Waals surface area contributed by atoms with Gasteiger partial charge in [0.15, 0.2) is 5.84 Å². The van der Waals surface area contributed by atoms with Gasteiger partial charge in [-0.1, -0.05) is 40.6 Å². The summed E-state index contributed by atoms with van der Waals surface area (Å²) in [5.74, 6) is 5.24. The number of nitrogens with zero attached hydrogens (tertiary/aromatic N) is 3. The van der Waals surface area contributed by atoms with E-state index in [-0.39, 0.29) is 5.84 Å². The second-order valence-electron chi connectivity index (χ2n) is 4.27. The maximum atomic E-state index is 11.7. The van der Waals surface area contributed by atoms with Crippen LogP contribution in [0.1, 0.15) is 5.56 Å². The normalized spacial score (nSPS) is 11.4. The molecule has 4 N–H and O–H groups in total. The van der Waals surface area contributed by atoms with Crippen LogP contribution in [-0.4, -0.2) is 25.8 Å². The number of nitrogens with one attached hydrogen (secondary N) is 2. The zero-order valence-electron chi connectivity index (χ0n) is 11.7. The molecule has 0 bridgehead atoms. The van der Waals surface area contributed by atoms with Gasteiger partial charge in [0.05, 0.1) is 4.55 Å². The molecular weight excluding hydrogens is 431 g/mol. The molecule has 0 aliphatic rings. The van der Waals surface area contributed by atoms with Crippen molar-refractivity contribution in [2.24, 2.45) is 16.2 Å². The third-order valence-electron chi connectivity index (χ3n) is 2.80. The van der Waals surface area contributed by atoms with Gasteiger partial charge in [0.25, 0.3) is 0 Å². The standard InChI is InChI=1S/C13H13IN6O2S/c14-7-20(23)13(21)22-9-2-3-10-8(6-17-11(10)5-9)1-4-12(15)18-19-16/h1-6,17,23H,7H2,(H3,15,16,18)/b4-1+. The number of H-pyrrole nitrogens is 1. The number of thiol groups is 1. The minimum atomic E-state index is -0.547. The van der Waals surface area contributed by atoms with Gasteiger partial charge in [-0.25, -0.2) is 9.10 Å². The molecule has 0 atom stereocenters. The molecule has 2 rings (SSSR count). The number of amidine groups is 1. The summed E-state index contributed by atoms with van der Waals surface area (Å²) in [6.45, 7) is 0. The van der Waals surface area contributed by atoms with Crippen molar-refractivity contribution in [3.63, 3.8) is 0 Å². The number of carbonyl (C=O) groups is 1. The highest BCUT2D eigenvalue weighted by Gasteiger charge is 2.11. The number of carbonyl (C=O) groups excluding carboxylic acids is 1. The van der Waals surface area contributed by atoms with Gasteiger partial charge in [0.1, 0.15) is 5.75 Å². The van der Waals surface area contributed by atoms with E-state index in [1.54, 1.807) is 24.4 Å². The molecule has 0 radical (unpaired) electrons. The Hall–Kier alpha value is -2.08. The molecule has 0 spiro atoms. The van der Waals surface area contributed by atoms with Gasteiger partial charge in [-0.05, 0) is 29.8 Å². The summed E-state index contributed by atoms with van der Waals surface area (Å²) >= 11 is 5.99. The Morgan fingerprint density at radius 1 is 1.57 bits per heavy atom. The third-order valence-corrected chi connectivity index (χ3v) is 4.33. The summed E-state index contributed by atoms with van der Waals surface area (Å²) in [7, 11) is 0. The van der Waals surface area contributed by atoms with Crippen molar-refractivity contribution in [1.82, 2.24) is 9.29 Å². The number of halogens is 1. The van der Waals surface area contributed by atoms with Crippen LogP contribution in [0.15, 0.2) is 40.8 Å². The van der Waals surface area contributed by atoms with Crippen LogP contribution >= 0.6 is 35.4 Å². The number of aromatic nitrogens is 1. The van der Waals surface area contributed by atoms with E-state index in [0.717, 1.165) is 20.8 Å².